The quantitative estimate of drug-likeness (QED) is 0.253. The smallest absolute Gasteiger partial charge is 0.330 e. The number of anilines is 1. The Balaban J connectivity index is 1.31. The van der Waals surface area contributed by atoms with Gasteiger partial charge in [-0.05, 0) is 40.5 Å². The van der Waals surface area contributed by atoms with E-state index in [1.807, 2.05) is 108 Å². The van der Waals surface area contributed by atoms with Crippen molar-refractivity contribution in [2.75, 3.05) is 4.90 Å². The number of amides is 2. The number of benzene rings is 4. The molecule has 2 saturated heterocycles. The summed E-state index contributed by atoms with van der Waals surface area (Å²) in [5.74, 6) is -2.80. The van der Waals surface area contributed by atoms with E-state index in [1.165, 1.54) is 4.90 Å². The number of hydrogen-bond donors (Lipinski definition) is 0. The highest BCUT2D eigenvalue weighted by Crippen LogP contribution is 2.53. The number of fused-ring (bicyclic) bond motifs is 5. The van der Waals surface area contributed by atoms with Gasteiger partial charge in [0, 0.05) is 6.20 Å². The lowest BCUT2D eigenvalue weighted by Crippen LogP contribution is -2.45. The lowest BCUT2D eigenvalue weighted by atomic mass is 9.84. The number of carbonyl (C=O) groups excluding carboxylic acids is 3. The molecule has 0 aliphatic carbocycles. The van der Waals surface area contributed by atoms with Crippen LogP contribution in [0.3, 0.4) is 0 Å². The van der Waals surface area contributed by atoms with Crippen LogP contribution >= 0.6 is 0 Å². The molecule has 0 bridgehead atoms. The van der Waals surface area contributed by atoms with Crippen molar-refractivity contribution in [3.8, 4) is 0 Å². The molecule has 4 atom stereocenters. The molecule has 0 aromatic heterocycles. The topological polar surface area (TPSA) is 66.9 Å². The van der Waals surface area contributed by atoms with Crippen molar-refractivity contribution in [3.05, 3.63) is 144 Å². The lowest BCUT2D eigenvalue weighted by Gasteiger charge is -2.35. The van der Waals surface area contributed by atoms with E-state index >= 15 is 0 Å². The standard InChI is InChI=1S/C34H26N2O4/c37-32-27-28(33(38)36(32)25-17-8-3-9-18-25)30(35-21-20-22-12-10-11-19-26(22)29(27)35)34(39)40-31(23-13-4-1-5-14-23)24-15-6-2-7-16-24/h1-21,27-31H/t27-,28-,29+,30-/m0/s1. The average molecular weight is 527 g/mol. The summed E-state index contributed by atoms with van der Waals surface area (Å²) in [5, 5.41) is 0. The molecule has 2 amide bonds. The highest BCUT2D eigenvalue weighted by molar-refractivity contribution is 6.23. The first kappa shape index (κ1) is 24.1. The summed E-state index contributed by atoms with van der Waals surface area (Å²) in [6.07, 6.45) is 3.11. The van der Waals surface area contributed by atoms with Crippen molar-refractivity contribution in [3.63, 3.8) is 0 Å². The number of para-hydroxylation sites is 1. The van der Waals surface area contributed by atoms with Gasteiger partial charge >= 0.3 is 5.97 Å². The van der Waals surface area contributed by atoms with Gasteiger partial charge in [0.15, 0.2) is 6.10 Å². The molecule has 0 spiro atoms. The molecular weight excluding hydrogens is 500 g/mol. The third-order valence-electron chi connectivity index (χ3n) is 8.16. The van der Waals surface area contributed by atoms with Gasteiger partial charge in [0.1, 0.15) is 6.04 Å². The summed E-state index contributed by atoms with van der Waals surface area (Å²) >= 11 is 0. The molecule has 3 aliphatic rings. The Labute approximate surface area is 232 Å². The first-order chi connectivity index (χ1) is 19.6. The molecular formula is C34H26N2O4. The van der Waals surface area contributed by atoms with Crippen LogP contribution in [-0.2, 0) is 19.1 Å². The van der Waals surface area contributed by atoms with Gasteiger partial charge in [-0.15, -0.1) is 0 Å². The zero-order chi connectivity index (χ0) is 27.2. The molecule has 3 heterocycles. The molecule has 3 aliphatic heterocycles. The highest BCUT2D eigenvalue weighted by Gasteiger charge is 2.65. The molecule has 0 saturated carbocycles. The summed E-state index contributed by atoms with van der Waals surface area (Å²) in [5.41, 5.74) is 4.06. The molecule has 6 nitrogen and oxygen atoms in total. The molecule has 0 N–H and O–H groups in total. The van der Waals surface area contributed by atoms with Gasteiger partial charge in [-0.1, -0.05) is 103 Å². The van der Waals surface area contributed by atoms with Crippen LogP contribution in [0.15, 0.2) is 121 Å². The predicted molar refractivity (Wildman–Crippen MR) is 151 cm³/mol. The predicted octanol–water partition coefficient (Wildman–Crippen LogP) is 5.53. The van der Waals surface area contributed by atoms with Crippen LogP contribution in [0.1, 0.15) is 34.4 Å². The van der Waals surface area contributed by atoms with Crippen molar-refractivity contribution in [1.82, 2.24) is 4.90 Å². The Morgan fingerprint density at radius 2 is 1.23 bits per heavy atom. The van der Waals surface area contributed by atoms with Crippen molar-refractivity contribution in [2.24, 2.45) is 11.8 Å². The number of esters is 1. The van der Waals surface area contributed by atoms with Gasteiger partial charge in [-0.2, -0.15) is 0 Å². The number of ether oxygens (including phenoxy) is 1. The summed E-state index contributed by atoms with van der Waals surface area (Å²) in [4.78, 5) is 45.4. The summed E-state index contributed by atoms with van der Waals surface area (Å²) in [6.45, 7) is 0. The zero-order valence-electron chi connectivity index (χ0n) is 21.5. The Morgan fingerprint density at radius 1 is 0.675 bits per heavy atom. The second-order valence-corrected chi connectivity index (χ2v) is 10.3. The zero-order valence-corrected chi connectivity index (χ0v) is 21.5. The van der Waals surface area contributed by atoms with Gasteiger partial charge in [0.05, 0.1) is 23.6 Å². The van der Waals surface area contributed by atoms with E-state index in [0.29, 0.717) is 5.69 Å². The van der Waals surface area contributed by atoms with Crippen molar-refractivity contribution < 1.29 is 19.1 Å². The fourth-order valence-electron chi connectivity index (χ4n) is 6.43. The molecule has 196 valence electrons. The van der Waals surface area contributed by atoms with E-state index in [-0.39, 0.29) is 11.8 Å². The summed E-state index contributed by atoms with van der Waals surface area (Å²) in [7, 11) is 0. The van der Waals surface area contributed by atoms with E-state index in [9.17, 15) is 14.4 Å². The molecule has 40 heavy (non-hydrogen) atoms. The van der Waals surface area contributed by atoms with Crippen LogP contribution in [0.5, 0.6) is 0 Å². The minimum absolute atomic E-state index is 0.292. The highest BCUT2D eigenvalue weighted by atomic mass is 16.5. The maximum atomic E-state index is 14.2. The number of carbonyl (C=O) groups is 3. The second kappa shape index (κ2) is 9.65. The molecule has 2 fully saturated rings. The lowest BCUT2D eigenvalue weighted by molar-refractivity contribution is -0.155. The van der Waals surface area contributed by atoms with Gasteiger partial charge < -0.3 is 9.64 Å². The fourth-order valence-corrected chi connectivity index (χ4v) is 6.43. The van der Waals surface area contributed by atoms with Gasteiger partial charge in [0.25, 0.3) is 0 Å². The Kier molecular flexibility index (Phi) is 5.81. The minimum Gasteiger partial charge on any atom is -0.451 e. The first-order valence-electron chi connectivity index (χ1n) is 13.4. The third-order valence-corrected chi connectivity index (χ3v) is 8.16. The maximum Gasteiger partial charge on any atom is 0.330 e. The van der Waals surface area contributed by atoms with Crippen LogP contribution in [-0.4, -0.2) is 28.7 Å². The van der Waals surface area contributed by atoms with E-state index in [1.54, 1.807) is 24.3 Å². The van der Waals surface area contributed by atoms with Crippen molar-refractivity contribution in [1.29, 1.82) is 0 Å². The second-order valence-electron chi connectivity index (χ2n) is 10.3. The molecule has 4 aromatic carbocycles. The van der Waals surface area contributed by atoms with Gasteiger partial charge in [-0.25, -0.2) is 9.69 Å². The van der Waals surface area contributed by atoms with Crippen molar-refractivity contribution >= 4 is 29.5 Å². The molecule has 7 rings (SSSR count). The van der Waals surface area contributed by atoms with Crippen LogP contribution in [0.2, 0.25) is 0 Å². The Hall–Kier alpha value is -4.97. The number of rotatable bonds is 5. The molecule has 6 heteroatoms. The minimum atomic E-state index is -0.959. The average Bonchev–Trinajstić information content (AvgIpc) is 3.49. The summed E-state index contributed by atoms with van der Waals surface area (Å²) < 4.78 is 6.28. The maximum absolute atomic E-state index is 14.2. The third kappa shape index (κ3) is 3.75. The fraction of sp³-hybridized carbons (Fsp3) is 0.147. The monoisotopic (exact) mass is 526 g/mol. The Morgan fingerprint density at radius 3 is 1.88 bits per heavy atom. The van der Waals surface area contributed by atoms with Crippen molar-refractivity contribution in [2.45, 2.75) is 18.2 Å². The number of hydrogen-bond acceptors (Lipinski definition) is 5. The normalized spacial score (nSPS) is 22.7. The number of imide groups is 1. The van der Waals surface area contributed by atoms with Crippen LogP contribution < -0.4 is 4.90 Å². The van der Waals surface area contributed by atoms with Crippen LogP contribution in [0.25, 0.3) is 6.08 Å². The first-order valence-corrected chi connectivity index (χ1v) is 13.4. The van der Waals surface area contributed by atoms with E-state index < -0.39 is 36.0 Å². The number of nitrogens with zero attached hydrogens (tertiary/aromatic N) is 2. The van der Waals surface area contributed by atoms with Crippen LogP contribution in [0, 0.1) is 11.8 Å². The Bertz CT molecular complexity index is 1580. The van der Waals surface area contributed by atoms with Gasteiger partial charge in [-0.3, -0.25) is 9.59 Å². The largest absolute Gasteiger partial charge is 0.451 e. The van der Waals surface area contributed by atoms with E-state index in [4.69, 9.17) is 4.74 Å². The van der Waals surface area contributed by atoms with E-state index in [2.05, 4.69) is 0 Å². The molecule has 0 radical (unpaired) electrons. The van der Waals surface area contributed by atoms with E-state index in [0.717, 1.165) is 22.3 Å². The summed E-state index contributed by atoms with van der Waals surface area (Å²) in [6, 6.07) is 34.5. The van der Waals surface area contributed by atoms with Crippen LogP contribution in [0.4, 0.5) is 5.69 Å². The molecule has 0 unspecified atom stereocenters. The molecule has 4 aromatic rings. The SMILES string of the molecule is O=C(OC(c1ccccc1)c1ccccc1)[C@@H]1[C@H]2C(=O)N(c3ccccc3)C(=O)[C@@H]2[C@H]2c3ccccc3C=CN12. The van der Waals surface area contributed by atoms with Gasteiger partial charge in [0.2, 0.25) is 11.8 Å².